The lowest BCUT2D eigenvalue weighted by atomic mass is 10.1. The Bertz CT molecular complexity index is 1720. The van der Waals surface area contributed by atoms with E-state index in [0.717, 1.165) is 10.5 Å². The van der Waals surface area contributed by atoms with Gasteiger partial charge in [-0.1, -0.05) is 48.0 Å². The van der Waals surface area contributed by atoms with Crippen LogP contribution in [0.3, 0.4) is 0 Å². The molecule has 0 saturated carbocycles. The number of ether oxygens (including phenoxy) is 3. The van der Waals surface area contributed by atoms with Crippen molar-refractivity contribution in [2.24, 2.45) is 0 Å². The fourth-order valence-corrected chi connectivity index (χ4v) is 4.47. The molecule has 1 fully saturated rings. The Hall–Kier alpha value is -5.61. The second-order valence-electron chi connectivity index (χ2n) is 9.48. The summed E-state index contributed by atoms with van der Waals surface area (Å²) in [5.74, 6) is -0.614. The molecule has 0 spiro atoms. The molecule has 1 heterocycles. The molecule has 1 saturated heterocycles. The highest BCUT2D eigenvalue weighted by Crippen LogP contribution is 2.29. The molecular weight excluding hydrogens is 586 g/mol. The van der Waals surface area contributed by atoms with Crippen LogP contribution in [0.15, 0.2) is 103 Å². The van der Waals surface area contributed by atoms with Gasteiger partial charge in [0.15, 0.2) is 6.61 Å². The van der Waals surface area contributed by atoms with Crippen LogP contribution in [0.4, 0.5) is 16.2 Å². The third kappa shape index (κ3) is 7.23. The average molecular weight is 612 g/mol. The van der Waals surface area contributed by atoms with Crippen molar-refractivity contribution in [1.29, 1.82) is 0 Å². The topological polar surface area (TPSA) is 123 Å². The van der Waals surface area contributed by atoms with E-state index >= 15 is 0 Å². The molecule has 11 heteroatoms. The molecular formula is C33H26ClN3O7. The second-order valence-corrected chi connectivity index (χ2v) is 9.89. The predicted octanol–water partition coefficient (Wildman–Crippen LogP) is 5.61. The van der Waals surface area contributed by atoms with Crippen molar-refractivity contribution in [1.82, 2.24) is 5.32 Å². The van der Waals surface area contributed by atoms with E-state index in [1.54, 1.807) is 61.7 Å². The normalized spacial score (nSPS) is 13.8. The van der Waals surface area contributed by atoms with Crippen LogP contribution in [0.1, 0.15) is 11.1 Å². The number of carbonyl (C=O) groups excluding carboxylic acids is 4. The average Bonchev–Trinajstić information content (AvgIpc) is 3.03. The molecule has 0 bridgehead atoms. The SMILES string of the molecule is COc1ccc(NC(=O)COc2ccc(/C=C3/C(=O)NC(=O)N(c4ccc(OCc5ccccc5)cc4)C3=O)cc2Cl)cc1. The van der Waals surface area contributed by atoms with Gasteiger partial charge >= 0.3 is 6.03 Å². The van der Waals surface area contributed by atoms with Crippen LogP contribution in [-0.2, 0) is 21.0 Å². The summed E-state index contributed by atoms with van der Waals surface area (Å²) in [5, 5.41) is 5.05. The molecule has 222 valence electrons. The van der Waals surface area contributed by atoms with Crippen molar-refractivity contribution >= 4 is 52.8 Å². The molecule has 10 nitrogen and oxygen atoms in total. The fraction of sp³-hybridized carbons (Fsp3) is 0.0909. The molecule has 0 radical (unpaired) electrons. The van der Waals surface area contributed by atoms with Gasteiger partial charge in [0, 0.05) is 5.69 Å². The Morgan fingerprint density at radius 3 is 2.27 bits per heavy atom. The summed E-state index contributed by atoms with van der Waals surface area (Å²) in [6.45, 7) is 0.0498. The van der Waals surface area contributed by atoms with Gasteiger partial charge in [0.2, 0.25) is 0 Å². The molecule has 44 heavy (non-hydrogen) atoms. The zero-order chi connectivity index (χ0) is 31.1. The molecule has 0 aromatic heterocycles. The second kappa shape index (κ2) is 13.6. The van der Waals surface area contributed by atoms with Gasteiger partial charge in [0.05, 0.1) is 17.8 Å². The molecule has 0 aliphatic carbocycles. The maximum atomic E-state index is 13.3. The van der Waals surface area contributed by atoms with Crippen molar-refractivity contribution in [2.45, 2.75) is 6.61 Å². The van der Waals surface area contributed by atoms with Gasteiger partial charge in [-0.15, -0.1) is 0 Å². The quantitative estimate of drug-likeness (QED) is 0.176. The van der Waals surface area contributed by atoms with E-state index in [1.165, 1.54) is 18.2 Å². The molecule has 4 aromatic rings. The molecule has 0 unspecified atom stereocenters. The number of hydrogen-bond acceptors (Lipinski definition) is 7. The summed E-state index contributed by atoms with van der Waals surface area (Å²) in [4.78, 5) is 51.7. The molecule has 5 amide bonds. The van der Waals surface area contributed by atoms with E-state index in [9.17, 15) is 19.2 Å². The number of halogens is 1. The molecule has 1 aliphatic heterocycles. The highest BCUT2D eigenvalue weighted by Gasteiger charge is 2.36. The molecule has 2 N–H and O–H groups in total. The minimum atomic E-state index is -0.871. The fourth-order valence-electron chi connectivity index (χ4n) is 4.23. The van der Waals surface area contributed by atoms with Crippen LogP contribution >= 0.6 is 11.6 Å². The molecule has 0 atom stereocenters. The van der Waals surface area contributed by atoms with Crippen LogP contribution in [0.25, 0.3) is 6.08 Å². The lowest BCUT2D eigenvalue weighted by Crippen LogP contribution is -2.54. The zero-order valence-corrected chi connectivity index (χ0v) is 24.2. The number of nitrogens with one attached hydrogen (secondary N) is 2. The number of nitrogens with zero attached hydrogens (tertiary/aromatic N) is 1. The highest BCUT2D eigenvalue weighted by atomic mass is 35.5. The Labute approximate surface area is 257 Å². The lowest BCUT2D eigenvalue weighted by molar-refractivity contribution is -0.122. The van der Waals surface area contributed by atoms with E-state index in [2.05, 4.69) is 10.6 Å². The first-order valence-corrected chi connectivity index (χ1v) is 13.7. The zero-order valence-electron chi connectivity index (χ0n) is 23.4. The van der Waals surface area contributed by atoms with Crippen molar-refractivity contribution in [2.75, 3.05) is 23.9 Å². The van der Waals surface area contributed by atoms with Crippen LogP contribution in [0.2, 0.25) is 5.02 Å². The lowest BCUT2D eigenvalue weighted by Gasteiger charge is -2.26. The van der Waals surface area contributed by atoms with Crippen LogP contribution < -0.4 is 29.7 Å². The Morgan fingerprint density at radius 2 is 1.59 bits per heavy atom. The number of hydrogen-bond donors (Lipinski definition) is 2. The number of methoxy groups -OCH3 is 1. The molecule has 5 rings (SSSR count). The minimum Gasteiger partial charge on any atom is -0.497 e. The van der Waals surface area contributed by atoms with E-state index in [4.69, 9.17) is 25.8 Å². The maximum absolute atomic E-state index is 13.3. The van der Waals surface area contributed by atoms with Crippen LogP contribution in [0.5, 0.6) is 17.2 Å². The first-order valence-electron chi connectivity index (χ1n) is 13.4. The first kappa shape index (κ1) is 29.9. The number of benzene rings is 4. The molecule has 1 aliphatic rings. The summed E-state index contributed by atoms with van der Waals surface area (Å²) in [6.07, 6.45) is 1.32. The van der Waals surface area contributed by atoms with Gasteiger partial charge < -0.3 is 19.5 Å². The van der Waals surface area contributed by atoms with Crippen molar-refractivity contribution in [3.8, 4) is 17.2 Å². The number of amides is 5. The van der Waals surface area contributed by atoms with Crippen molar-refractivity contribution < 1.29 is 33.4 Å². The number of barbiturate groups is 1. The van der Waals surface area contributed by atoms with E-state index in [0.29, 0.717) is 29.4 Å². The predicted molar refractivity (Wildman–Crippen MR) is 165 cm³/mol. The maximum Gasteiger partial charge on any atom is 0.335 e. The van der Waals surface area contributed by atoms with Gasteiger partial charge in [-0.05, 0) is 77.9 Å². The summed E-state index contributed by atoms with van der Waals surface area (Å²) in [5.41, 5.74) is 1.96. The van der Waals surface area contributed by atoms with Gasteiger partial charge in [-0.3, -0.25) is 19.7 Å². The number of imide groups is 2. The van der Waals surface area contributed by atoms with Crippen molar-refractivity contribution in [3.05, 3.63) is 119 Å². The first-order chi connectivity index (χ1) is 21.3. The summed E-state index contributed by atoms with van der Waals surface area (Å²) in [7, 11) is 1.55. The van der Waals surface area contributed by atoms with E-state index in [1.807, 2.05) is 30.3 Å². The Morgan fingerprint density at radius 1 is 0.886 bits per heavy atom. The van der Waals surface area contributed by atoms with E-state index in [-0.39, 0.29) is 28.6 Å². The monoisotopic (exact) mass is 611 g/mol. The van der Waals surface area contributed by atoms with E-state index < -0.39 is 23.8 Å². The summed E-state index contributed by atoms with van der Waals surface area (Å²) in [6, 6.07) is 26.5. The van der Waals surface area contributed by atoms with Gasteiger partial charge in [-0.25, -0.2) is 9.69 Å². The number of carbonyl (C=O) groups is 4. The standard InChI is InChI=1S/C33H26ClN3O7/c1-42-25-12-8-23(9-13-25)35-30(38)20-44-29-16-7-22(18-28(29)34)17-27-31(39)36-33(41)37(32(27)40)24-10-14-26(15-11-24)43-19-21-5-3-2-4-6-21/h2-18H,19-20H2,1H3,(H,35,38)(H,36,39,41)/b27-17-. The minimum absolute atomic E-state index is 0.152. The third-order valence-corrected chi connectivity index (χ3v) is 6.74. The highest BCUT2D eigenvalue weighted by molar-refractivity contribution is 6.39. The summed E-state index contributed by atoms with van der Waals surface area (Å²) < 4.78 is 16.4. The summed E-state index contributed by atoms with van der Waals surface area (Å²) >= 11 is 6.36. The number of urea groups is 1. The smallest absolute Gasteiger partial charge is 0.335 e. The van der Waals surface area contributed by atoms with Crippen LogP contribution in [-0.4, -0.2) is 37.5 Å². The largest absolute Gasteiger partial charge is 0.497 e. The van der Waals surface area contributed by atoms with Crippen molar-refractivity contribution in [3.63, 3.8) is 0 Å². The van der Waals surface area contributed by atoms with Crippen LogP contribution in [0, 0.1) is 0 Å². The Balaban J connectivity index is 1.23. The number of anilines is 2. The van der Waals surface area contributed by atoms with Gasteiger partial charge in [-0.2, -0.15) is 0 Å². The molecule has 4 aromatic carbocycles. The number of rotatable bonds is 10. The Kier molecular flexibility index (Phi) is 9.22. The third-order valence-electron chi connectivity index (χ3n) is 6.44. The van der Waals surface area contributed by atoms with Gasteiger partial charge in [0.1, 0.15) is 29.4 Å². The van der Waals surface area contributed by atoms with Gasteiger partial charge in [0.25, 0.3) is 17.7 Å².